The third-order valence-electron chi connectivity index (χ3n) is 0.573. The quantitative estimate of drug-likeness (QED) is 0.686. The third-order valence-corrected chi connectivity index (χ3v) is 0.573. The summed E-state index contributed by atoms with van der Waals surface area (Å²) in [6.45, 7) is 9.36. The van der Waals surface area contributed by atoms with Gasteiger partial charge >= 0.3 is 12.2 Å². The van der Waals surface area contributed by atoms with Gasteiger partial charge in [-0.25, -0.2) is 9.59 Å². The van der Waals surface area contributed by atoms with Crippen LogP contribution in [0.15, 0.2) is 12.7 Å². The number of rotatable bonds is 2. The summed E-state index contributed by atoms with van der Waals surface area (Å²) in [5, 5.41) is 0. The Balaban J connectivity index is -0.000000153. The van der Waals surface area contributed by atoms with Gasteiger partial charge in [-0.05, 0) is 20.8 Å². The minimum absolute atomic E-state index is 0.356. The van der Waals surface area contributed by atoms with Crippen molar-refractivity contribution in [3.63, 3.8) is 0 Å². The summed E-state index contributed by atoms with van der Waals surface area (Å²) in [6.07, 6.45) is 0.329. The first-order valence-corrected chi connectivity index (χ1v) is 4.37. The van der Waals surface area contributed by atoms with Gasteiger partial charge in [-0.2, -0.15) is 0 Å². The van der Waals surface area contributed by atoms with Gasteiger partial charge < -0.3 is 20.9 Å². The lowest BCUT2D eigenvalue weighted by atomic mass is 10.8. The normalized spacial score (nSPS) is 6.87. The van der Waals surface area contributed by atoms with Crippen LogP contribution in [0.3, 0.4) is 0 Å². The van der Waals surface area contributed by atoms with Crippen molar-refractivity contribution in [3.8, 4) is 0 Å². The molecule has 90 valence electrons. The van der Waals surface area contributed by atoms with E-state index < -0.39 is 12.2 Å². The first kappa shape index (κ1) is 18.9. The van der Waals surface area contributed by atoms with Crippen LogP contribution < -0.4 is 11.5 Å². The van der Waals surface area contributed by atoms with E-state index in [1.807, 2.05) is 6.92 Å². The van der Waals surface area contributed by atoms with E-state index in [9.17, 15) is 9.59 Å². The summed E-state index contributed by atoms with van der Waals surface area (Å²) in [5.74, 6) is 0. The minimum atomic E-state index is -0.711. The van der Waals surface area contributed by atoms with Crippen molar-refractivity contribution in [3.05, 3.63) is 12.7 Å². The molecule has 4 N–H and O–H groups in total. The number of carbonyl (C=O) groups is 2. The molecule has 0 spiro atoms. The van der Waals surface area contributed by atoms with E-state index in [2.05, 4.69) is 27.5 Å². The Morgan fingerprint density at radius 2 is 1.33 bits per heavy atom. The number of hydrogen-bond donors (Lipinski definition) is 2. The van der Waals surface area contributed by atoms with Gasteiger partial charge in [-0.15, -0.1) is 6.58 Å². The van der Waals surface area contributed by atoms with E-state index in [0.29, 0.717) is 13.2 Å². The van der Waals surface area contributed by atoms with Gasteiger partial charge in [0, 0.05) is 0 Å². The lowest BCUT2D eigenvalue weighted by Crippen LogP contribution is -2.11. The summed E-state index contributed by atoms with van der Waals surface area (Å²) in [4.78, 5) is 19.2. The molecule has 15 heavy (non-hydrogen) atoms. The number of ether oxygens (including phenoxy) is 2. The van der Waals surface area contributed by atoms with E-state index in [1.54, 1.807) is 19.9 Å². The third kappa shape index (κ3) is 70.8. The molecule has 0 aliphatic heterocycles. The smallest absolute Gasteiger partial charge is 0.404 e. The molecule has 0 bridgehead atoms. The highest BCUT2D eigenvalue weighted by Gasteiger charge is 1.82. The molecule has 0 unspecified atom stereocenters. The Hall–Kier alpha value is -1.72. The number of carbonyl (C=O) groups excluding carboxylic acids is 2. The van der Waals surface area contributed by atoms with Crippen molar-refractivity contribution in [2.45, 2.75) is 20.8 Å². The highest BCUT2D eigenvalue weighted by molar-refractivity contribution is 5.64. The molecule has 6 nitrogen and oxygen atoms in total. The molecule has 0 aliphatic carbocycles. The van der Waals surface area contributed by atoms with Crippen molar-refractivity contribution in [1.82, 2.24) is 0 Å². The fourth-order valence-electron chi connectivity index (χ4n) is 0.285. The van der Waals surface area contributed by atoms with Crippen molar-refractivity contribution >= 4 is 12.2 Å². The van der Waals surface area contributed by atoms with Gasteiger partial charge in [-0.1, -0.05) is 6.08 Å². The molecule has 0 saturated carbocycles. The maximum absolute atomic E-state index is 9.60. The van der Waals surface area contributed by atoms with Crippen LogP contribution in [0, 0.1) is 0 Å². The maximum Gasteiger partial charge on any atom is 0.404 e. The Morgan fingerprint density at radius 3 is 1.33 bits per heavy atom. The van der Waals surface area contributed by atoms with Crippen molar-refractivity contribution < 1.29 is 19.1 Å². The molecule has 0 saturated heterocycles. The molecular weight excluding hydrogens is 200 g/mol. The maximum atomic E-state index is 9.60. The monoisotopic (exact) mass is 220 g/mol. The molecule has 0 aromatic carbocycles. The van der Waals surface area contributed by atoms with Crippen molar-refractivity contribution in [2.75, 3.05) is 13.2 Å². The van der Waals surface area contributed by atoms with E-state index >= 15 is 0 Å². The SMILES string of the molecule is C=CC.CCOC(N)=O.CCOC(N)=O. The van der Waals surface area contributed by atoms with Crippen LogP contribution in [0.1, 0.15) is 20.8 Å². The van der Waals surface area contributed by atoms with Crippen LogP contribution in [0.2, 0.25) is 0 Å². The Kier molecular flexibility index (Phi) is 22.9. The van der Waals surface area contributed by atoms with E-state index in [1.165, 1.54) is 0 Å². The van der Waals surface area contributed by atoms with Crippen LogP contribution in [0.5, 0.6) is 0 Å². The van der Waals surface area contributed by atoms with Crippen LogP contribution in [0.25, 0.3) is 0 Å². The number of primary amides is 2. The Bertz CT molecular complexity index is 155. The fourth-order valence-corrected chi connectivity index (χ4v) is 0.285. The van der Waals surface area contributed by atoms with Crippen molar-refractivity contribution in [1.29, 1.82) is 0 Å². The van der Waals surface area contributed by atoms with Crippen molar-refractivity contribution in [2.24, 2.45) is 11.5 Å². The topological polar surface area (TPSA) is 105 Å². The van der Waals surface area contributed by atoms with Gasteiger partial charge in [-0.3, -0.25) is 0 Å². The second-order valence-corrected chi connectivity index (χ2v) is 1.91. The number of amides is 2. The van der Waals surface area contributed by atoms with Gasteiger partial charge in [0.05, 0.1) is 13.2 Å². The highest BCUT2D eigenvalue weighted by atomic mass is 16.5. The second-order valence-electron chi connectivity index (χ2n) is 1.91. The van der Waals surface area contributed by atoms with Crippen LogP contribution >= 0.6 is 0 Å². The van der Waals surface area contributed by atoms with Gasteiger partial charge in [0.1, 0.15) is 0 Å². The van der Waals surface area contributed by atoms with Crippen LogP contribution in [-0.4, -0.2) is 25.4 Å². The van der Waals surface area contributed by atoms with E-state index in [4.69, 9.17) is 0 Å². The zero-order chi connectivity index (χ0) is 12.7. The molecule has 0 heterocycles. The number of allylic oxidation sites excluding steroid dienone is 1. The first-order valence-electron chi connectivity index (χ1n) is 4.37. The van der Waals surface area contributed by atoms with Gasteiger partial charge in [0.2, 0.25) is 0 Å². The molecule has 6 heteroatoms. The second kappa shape index (κ2) is 18.1. The zero-order valence-corrected chi connectivity index (χ0v) is 9.49. The molecule has 0 rings (SSSR count). The zero-order valence-electron chi connectivity index (χ0n) is 9.49. The number of hydrogen-bond acceptors (Lipinski definition) is 4. The highest BCUT2D eigenvalue weighted by Crippen LogP contribution is 1.66. The summed E-state index contributed by atoms with van der Waals surface area (Å²) in [7, 11) is 0. The standard InChI is InChI=1S/2C3H7NO2.C3H6/c2*1-2-6-3(4)5;1-3-2/h2*2H2,1H3,(H2,4,5);3H,1H2,2H3. The van der Waals surface area contributed by atoms with E-state index in [0.717, 1.165) is 0 Å². The Labute approximate surface area is 90.2 Å². The van der Waals surface area contributed by atoms with Crippen LogP contribution in [-0.2, 0) is 9.47 Å². The first-order chi connectivity index (χ1) is 6.95. The average molecular weight is 220 g/mol. The van der Waals surface area contributed by atoms with E-state index in [-0.39, 0.29) is 0 Å². The van der Waals surface area contributed by atoms with Gasteiger partial charge in [0.15, 0.2) is 0 Å². The summed E-state index contributed by atoms with van der Waals surface area (Å²) in [5.41, 5.74) is 9.08. The molecule has 2 amide bonds. The predicted octanol–water partition coefficient (Wildman–Crippen LogP) is 1.40. The lowest BCUT2D eigenvalue weighted by molar-refractivity contribution is 0.162. The largest absolute Gasteiger partial charge is 0.450 e. The molecule has 0 atom stereocenters. The summed E-state index contributed by atoms with van der Waals surface area (Å²) in [6, 6.07) is 0. The minimum Gasteiger partial charge on any atom is -0.450 e. The lowest BCUT2D eigenvalue weighted by Gasteiger charge is -1.89. The number of nitrogens with two attached hydrogens (primary N) is 2. The summed E-state index contributed by atoms with van der Waals surface area (Å²) < 4.78 is 8.36. The molecule has 0 aromatic heterocycles. The van der Waals surface area contributed by atoms with Crippen LogP contribution in [0.4, 0.5) is 9.59 Å². The molecule has 0 radical (unpaired) electrons. The Morgan fingerprint density at radius 1 is 1.13 bits per heavy atom. The molecular formula is C9H20N2O4. The predicted molar refractivity (Wildman–Crippen MR) is 58.3 cm³/mol. The summed E-state index contributed by atoms with van der Waals surface area (Å²) >= 11 is 0. The average Bonchev–Trinajstić information content (AvgIpc) is 2.05. The van der Waals surface area contributed by atoms with Gasteiger partial charge in [0.25, 0.3) is 0 Å². The molecule has 0 aromatic rings. The molecule has 0 aliphatic rings. The molecule has 0 fully saturated rings. The fraction of sp³-hybridized carbons (Fsp3) is 0.556.